The molecule has 3 rings (SSSR count). The lowest BCUT2D eigenvalue weighted by Crippen LogP contribution is -2.07. The second-order valence-electron chi connectivity index (χ2n) is 4.94. The minimum absolute atomic E-state index is 0.157. The number of tetrazole rings is 1. The van der Waals surface area contributed by atoms with Gasteiger partial charge in [0.05, 0.1) is 12.8 Å². The summed E-state index contributed by atoms with van der Waals surface area (Å²) in [6.45, 7) is 2.11. The van der Waals surface area contributed by atoms with Crippen LogP contribution in [0.2, 0.25) is 0 Å². The summed E-state index contributed by atoms with van der Waals surface area (Å²) in [5, 5.41) is 14.7. The Bertz CT molecular complexity index is 725. The van der Waals surface area contributed by atoms with Gasteiger partial charge in [-0.15, -0.1) is 5.10 Å². The number of aromatic nitrogens is 4. The highest BCUT2D eigenvalue weighted by molar-refractivity contribution is 5.49. The first kappa shape index (κ1) is 14.1. The van der Waals surface area contributed by atoms with E-state index in [0.717, 1.165) is 22.7 Å². The van der Waals surface area contributed by atoms with Crippen molar-refractivity contribution in [3.63, 3.8) is 0 Å². The predicted molar refractivity (Wildman–Crippen MR) is 84.2 cm³/mol. The van der Waals surface area contributed by atoms with E-state index in [9.17, 15) is 0 Å². The van der Waals surface area contributed by atoms with Crippen LogP contribution >= 0.6 is 0 Å². The normalized spacial score (nSPS) is 11.9. The zero-order chi connectivity index (χ0) is 15.4. The lowest BCUT2D eigenvalue weighted by Gasteiger charge is -2.16. The number of methoxy groups -OCH3 is 1. The third kappa shape index (κ3) is 3.06. The predicted octanol–water partition coefficient (Wildman–Crippen LogP) is 2.84. The van der Waals surface area contributed by atoms with E-state index in [-0.39, 0.29) is 6.04 Å². The molecule has 0 amide bonds. The highest BCUT2D eigenvalue weighted by Gasteiger charge is 2.07. The molecule has 22 heavy (non-hydrogen) atoms. The summed E-state index contributed by atoms with van der Waals surface area (Å²) in [6, 6.07) is 16.1. The molecule has 1 heterocycles. The van der Waals surface area contributed by atoms with Crippen molar-refractivity contribution >= 4 is 5.69 Å². The summed E-state index contributed by atoms with van der Waals surface area (Å²) in [5.41, 5.74) is 3.14. The molecule has 2 aromatic carbocycles. The van der Waals surface area contributed by atoms with Crippen LogP contribution in [0.4, 0.5) is 5.69 Å². The van der Waals surface area contributed by atoms with E-state index >= 15 is 0 Å². The summed E-state index contributed by atoms with van der Waals surface area (Å²) < 4.78 is 6.81. The molecule has 0 radical (unpaired) electrons. The number of hydrogen-bond acceptors (Lipinski definition) is 5. The van der Waals surface area contributed by atoms with Gasteiger partial charge in [0.15, 0.2) is 0 Å². The van der Waals surface area contributed by atoms with Gasteiger partial charge in [-0.2, -0.15) is 0 Å². The van der Waals surface area contributed by atoms with Crippen LogP contribution in [0, 0.1) is 0 Å². The standard InChI is InChI=1S/C16H17N5O/c1-12(18-14-6-8-16(22-2)9-7-14)13-4-3-5-15(10-13)21-11-17-19-20-21/h3-12,18H,1-2H3. The van der Waals surface area contributed by atoms with E-state index in [2.05, 4.69) is 39.9 Å². The van der Waals surface area contributed by atoms with Gasteiger partial charge in [0.1, 0.15) is 12.1 Å². The van der Waals surface area contributed by atoms with Crippen molar-refractivity contribution in [1.82, 2.24) is 20.2 Å². The van der Waals surface area contributed by atoms with Crippen LogP contribution in [0.5, 0.6) is 5.75 Å². The maximum Gasteiger partial charge on any atom is 0.143 e. The number of nitrogens with zero attached hydrogens (tertiary/aromatic N) is 4. The van der Waals surface area contributed by atoms with Crippen molar-refractivity contribution in [1.29, 1.82) is 0 Å². The van der Waals surface area contributed by atoms with Crippen LogP contribution in [0.1, 0.15) is 18.5 Å². The van der Waals surface area contributed by atoms with Crippen molar-refractivity contribution in [2.24, 2.45) is 0 Å². The van der Waals surface area contributed by atoms with Crippen molar-refractivity contribution < 1.29 is 4.74 Å². The molecule has 1 unspecified atom stereocenters. The molecule has 6 heteroatoms. The number of anilines is 1. The Morgan fingerprint density at radius 1 is 1.14 bits per heavy atom. The minimum atomic E-state index is 0.157. The highest BCUT2D eigenvalue weighted by atomic mass is 16.5. The summed E-state index contributed by atoms with van der Waals surface area (Å²) >= 11 is 0. The molecule has 0 aliphatic heterocycles. The smallest absolute Gasteiger partial charge is 0.143 e. The third-order valence-electron chi connectivity index (χ3n) is 3.46. The first-order valence-corrected chi connectivity index (χ1v) is 7.00. The third-order valence-corrected chi connectivity index (χ3v) is 3.46. The van der Waals surface area contributed by atoms with Gasteiger partial charge in [0.2, 0.25) is 0 Å². The van der Waals surface area contributed by atoms with E-state index in [1.165, 1.54) is 0 Å². The van der Waals surface area contributed by atoms with Crippen LogP contribution in [0.25, 0.3) is 5.69 Å². The SMILES string of the molecule is COc1ccc(NC(C)c2cccc(-n3cnnn3)c2)cc1. The Morgan fingerprint density at radius 2 is 1.95 bits per heavy atom. The van der Waals surface area contributed by atoms with Crippen LogP contribution in [0.3, 0.4) is 0 Å². The molecular weight excluding hydrogens is 278 g/mol. The quantitative estimate of drug-likeness (QED) is 0.784. The zero-order valence-electron chi connectivity index (χ0n) is 12.5. The molecule has 0 aliphatic rings. The zero-order valence-corrected chi connectivity index (χ0v) is 12.5. The number of hydrogen-bond donors (Lipinski definition) is 1. The fraction of sp³-hybridized carbons (Fsp3) is 0.188. The van der Waals surface area contributed by atoms with Crippen LogP contribution in [0.15, 0.2) is 54.9 Å². The van der Waals surface area contributed by atoms with E-state index < -0.39 is 0 Å². The highest BCUT2D eigenvalue weighted by Crippen LogP contribution is 2.22. The summed E-state index contributed by atoms with van der Waals surface area (Å²) in [7, 11) is 1.66. The van der Waals surface area contributed by atoms with Gasteiger partial charge < -0.3 is 10.1 Å². The molecule has 0 aliphatic carbocycles. The van der Waals surface area contributed by atoms with Gasteiger partial charge in [0, 0.05) is 11.7 Å². The Morgan fingerprint density at radius 3 is 2.64 bits per heavy atom. The lowest BCUT2D eigenvalue weighted by molar-refractivity contribution is 0.415. The molecule has 0 fully saturated rings. The molecule has 1 N–H and O–H groups in total. The number of rotatable bonds is 5. The van der Waals surface area contributed by atoms with E-state index in [0.29, 0.717) is 0 Å². The molecule has 0 saturated heterocycles. The van der Waals surface area contributed by atoms with Gasteiger partial charge in [-0.3, -0.25) is 0 Å². The molecule has 3 aromatic rings. The molecule has 112 valence electrons. The fourth-order valence-electron chi connectivity index (χ4n) is 2.24. The first-order chi connectivity index (χ1) is 10.8. The van der Waals surface area contributed by atoms with Crippen LogP contribution < -0.4 is 10.1 Å². The van der Waals surface area contributed by atoms with Gasteiger partial charge in [0.25, 0.3) is 0 Å². The maximum absolute atomic E-state index is 5.17. The molecule has 0 spiro atoms. The number of benzene rings is 2. The van der Waals surface area contributed by atoms with Gasteiger partial charge in [-0.05, 0) is 59.3 Å². The Hall–Kier alpha value is -2.89. The maximum atomic E-state index is 5.17. The van der Waals surface area contributed by atoms with Crippen LogP contribution in [-0.2, 0) is 0 Å². The molecule has 6 nitrogen and oxygen atoms in total. The van der Waals surface area contributed by atoms with Gasteiger partial charge in [-0.25, -0.2) is 4.68 Å². The molecule has 0 saturated carbocycles. The average Bonchev–Trinajstić information content (AvgIpc) is 3.10. The summed E-state index contributed by atoms with van der Waals surface area (Å²) in [6.07, 6.45) is 1.58. The van der Waals surface area contributed by atoms with Crippen LogP contribution in [-0.4, -0.2) is 27.3 Å². The Balaban J connectivity index is 1.76. The van der Waals surface area contributed by atoms with E-state index in [4.69, 9.17) is 4.74 Å². The molecule has 1 atom stereocenters. The second-order valence-corrected chi connectivity index (χ2v) is 4.94. The molecule has 1 aromatic heterocycles. The largest absolute Gasteiger partial charge is 0.497 e. The molecule has 0 bridgehead atoms. The van der Waals surface area contributed by atoms with Crippen molar-refractivity contribution in [2.75, 3.05) is 12.4 Å². The van der Waals surface area contributed by atoms with E-state index in [1.807, 2.05) is 36.4 Å². The van der Waals surface area contributed by atoms with E-state index in [1.54, 1.807) is 18.1 Å². The second kappa shape index (κ2) is 6.26. The monoisotopic (exact) mass is 295 g/mol. The topological polar surface area (TPSA) is 64.9 Å². The average molecular weight is 295 g/mol. The van der Waals surface area contributed by atoms with Gasteiger partial charge in [-0.1, -0.05) is 12.1 Å². The molecular formula is C16H17N5O. The van der Waals surface area contributed by atoms with Gasteiger partial charge >= 0.3 is 0 Å². The summed E-state index contributed by atoms with van der Waals surface area (Å²) in [5.74, 6) is 0.846. The fourth-order valence-corrected chi connectivity index (χ4v) is 2.24. The Kier molecular flexibility index (Phi) is 4.00. The van der Waals surface area contributed by atoms with Crippen molar-refractivity contribution in [2.45, 2.75) is 13.0 Å². The van der Waals surface area contributed by atoms with Crippen molar-refractivity contribution in [3.05, 3.63) is 60.4 Å². The minimum Gasteiger partial charge on any atom is -0.497 e. The Labute approximate surface area is 128 Å². The van der Waals surface area contributed by atoms with Crippen molar-refractivity contribution in [3.8, 4) is 11.4 Å². The first-order valence-electron chi connectivity index (χ1n) is 7.00. The lowest BCUT2D eigenvalue weighted by atomic mass is 10.1. The number of ether oxygens (including phenoxy) is 1. The number of nitrogens with one attached hydrogen (secondary N) is 1. The summed E-state index contributed by atoms with van der Waals surface area (Å²) in [4.78, 5) is 0.